The van der Waals surface area contributed by atoms with Crippen LogP contribution in [0.2, 0.25) is 0 Å². The first-order valence-electron chi connectivity index (χ1n) is 11.5. The van der Waals surface area contributed by atoms with Crippen molar-refractivity contribution in [1.29, 1.82) is 0 Å². The highest BCUT2D eigenvalue weighted by molar-refractivity contribution is 7.80. The molecule has 0 saturated heterocycles. The van der Waals surface area contributed by atoms with Gasteiger partial charge in [0.2, 0.25) is 23.6 Å². The molecule has 5 unspecified atom stereocenters. The number of carboxylic acid groups (broad SMARTS) is 1. The molecule has 0 radical (unpaired) electrons. The van der Waals surface area contributed by atoms with E-state index in [-0.39, 0.29) is 25.0 Å². The Kier molecular flexibility index (Phi) is 10.9. The van der Waals surface area contributed by atoms with Gasteiger partial charge in [0.25, 0.3) is 0 Å². The Balaban J connectivity index is 2.34. The van der Waals surface area contributed by atoms with E-state index >= 15 is 0 Å². The Labute approximate surface area is 218 Å². The Morgan fingerprint density at radius 1 is 1.03 bits per heavy atom. The smallest absolute Gasteiger partial charge is 0.328 e. The van der Waals surface area contributed by atoms with Crippen molar-refractivity contribution in [1.82, 2.24) is 20.9 Å². The maximum Gasteiger partial charge on any atom is 0.328 e. The van der Waals surface area contributed by atoms with Crippen LogP contribution in [0, 0.1) is 0 Å². The summed E-state index contributed by atoms with van der Waals surface area (Å²) in [6.07, 6.45) is -0.231. The van der Waals surface area contributed by atoms with E-state index in [0.717, 1.165) is 10.9 Å². The molecule has 0 fully saturated rings. The number of aliphatic hydroxyl groups is 1. The Morgan fingerprint density at radius 3 is 2.24 bits per heavy atom. The van der Waals surface area contributed by atoms with Crippen molar-refractivity contribution >= 4 is 53.1 Å². The van der Waals surface area contributed by atoms with E-state index in [1.165, 1.54) is 6.92 Å². The number of fused-ring (bicyclic) bond motifs is 1. The maximum absolute atomic E-state index is 13.2. The van der Waals surface area contributed by atoms with Gasteiger partial charge in [0.05, 0.1) is 12.1 Å². The van der Waals surface area contributed by atoms with Gasteiger partial charge in [-0.1, -0.05) is 18.2 Å². The van der Waals surface area contributed by atoms with Crippen LogP contribution in [0.3, 0.4) is 0 Å². The molecule has 14 heteroatoms. The standard InChI is InChI=1S/C23H32N6O7S/c1-11(30)19(23(35)36)29-22(34)17(8-12-9-26-15-5-3-2-4-13(12)15)28-21(33)16(6-7-18(25)31)27-20(32)14(24)10-37/h2-5,9,11,14,16-17,19,26,30,37H,6-8,10,24H2,1H3,(H2,25,31)(H,27,32)(H,28,33)(H,29,34)(H,35,36). The van der Waals surface area contributed by atoms with Crippen molar-refractivity contribution in [3.8, 4) is 0 Å². The van der Waals surface area contributed by atoms with Crippen molar-refractivity contribution < 1.29 is 34.2 Å². The summed E-state index contributed by atoms with van der Waals surface area (Å²) in [5.41, 5.74) is 12.3. The number of amides is 4. The maximum atomic E-state index is 13.2. The molecular formula is C23H32N6O7S. The number of para-hydroxylation sites is 1. The number of nitrogens with two attached hydrogens (primary N) is 2. The summed E-state index contributed by atoms with van der Waals surface area (Å²) < 4.78 is 0. The van der Waals surface area contributed by atoms with Gasteiger partial charge < -0.3 is 42.6 Å². The molecule has 1 aromatic heterocycles. The number of thiol groups is 1. The number of carboxylic acids is 1. The minimum atomic E-state index is -1.63. The molecule has 0 aliphatic carbocycles. The lowest BCUT2D eigenvalue weighted by molar-refractivity contribution is -0.145. The molecule has 0 aliphatic heterocycles. The van der Waals surface area contributed by atoms with Gasteiger partial charge in [-0.25, -0.2) is 4.79 Å². The first-order valence-corrected chi connectivity index (χ1v) is 12.1. The summed E-state index contributed by atoms with van der Waals surface area (Å²) >= 11 is 3.95. The lowest BCUT2D eigenvalue weighted by Crippen LogP contribution is -2.59. The fourth-order valence-corrected chi connectivity index (χ4v) is 3.73. The van der Waals surface area contributed by atoms with Crippen LogP contribution in [0.25, 0.3) is 10.9 Å². The van der Waals surface area contributed by atoms with Crippen molar-refractivity contribution in [3.05, 3.63) is 36.0 Å². The minimum absolute atomic E-state index is 0.00247. The third-order valence-electron chi connectivity index (χ3n) is 5.62. The average molecular weight is 537 g/mol. The fraction of sp³-hybridized carbons (Fsp3) is 0.435. The molecular weight excluding hydrogens is 504 g/mol. The van der Waals surface area contributed by atoms with Crippen LogP contribution in [-0.4, -0.2) is 80.8 Å². The number of aliphatic hydroxyl groups excluding tert-OH is 1. The number of hydrogen-bond donors (Lipinski definition) is 9. The van der Waals surface area contributed by atoms with Gasteiger partial charge in [0.15, 0.2) is 6.04 Å². The molecule has 0 bridgehead atoms. The van der Waals surface area contributed by atoms with Crippen LogP contribution in [0.4, 0.5) is 0 Å². The number of carbonyl (C=O) groups is 5. The number of aromatic nitrogens is 1. The number of nitrogens with one attached hydrogen (secondary N) is 4. The number of aliphatic carboxylic acids is 1. The second-order valence-corrected chi connectivity index (χ2v) is 8.91. The molecule has 1 heterocycles. The quantitative estimate of drug-likeness (QED) is 0.124. The van der Waals surface area contributed by atoms with Crippen LogP contribution < -0.4 is 27.4 Å². The predicted molar refractivity (Wildman–Crippen MR) is 137 cm³/mol. The van der Waals surface area contributed by atoms with Crippen LogP contribution in [0.1, 0.15) is 25.3 Å². The summed E-state index contributed by atoms with van der Waals surface area (Å²) in [7, 11) is 0. The third kappa shape index (κ3) is 8.48. The summed E-state index contributed by atoms with van der Waals surface area (Å²) in [4.78, 5) is 64.5. The molecule has 0 spiro atoms. The number of benzene rings is 1. The van der Waals surface area contributed by atoms with Gasteiger partial charge in [-0.3, -0.25) is 19.2 Å². The lowest BCUT2D eigenvalue weighted by atomic mass is 10.0. The average Bonchev–Trinajstić information content (AvgIpc) is 3.25. The van der Waals surface area contributed by atoms with Crippen LogP contribution >= 0.6 is 12.6 Å². The highest BCUT2D eigenvalue weighted by atomic mass is 32.1. The molecule has 10 N–H and O–H groups in total. The first-order chi connectivity index (χ1) is 17.4. The molecule has 1 aromatic carbocycles. The lowest BCUT2D eigenvalue weighted by Gasteiger charge is -2.25. The van der Waals surface area contributed by atoms with E-state index < -0.39 is 59.9 Å². The second kappa shape index (κ2) is 13.6. The zero-order valence-electron chi connectivity index (χ0n) is 20.1. The molecule has 202 valence electrons. The van der Waals surface area contributed by atoms with Gasteiger partial charge in [-0.2, -0.15) is 12.6 Å². The molecule has 0 saturated carbocycles. The van der Waals surface area contributed by atoms with E-state index in [0.29, 0.717) is 5.56 Å². The Morgan fingerprint density at radius 2 is 1.65 bits per heavy atom. The zero-order valence-corrected chi connectivity index (χ0v) is 21.0. The van der Waals surface area contributed by atoms with Gasteiger partial charge in [-0.05, 0) is 25.0 Å². The van der Waals surface area contributed by atoms with E-state index in [2.05, 4.69) is 33.6 Å². The minimum Gasteiger partial charge on any atom is -0.480 e. The molecule has 4 amide bonds. The van der Waals surface area contributed by atoms with E-state index in [9.17, 15) is 34.2 Å². The van der Waals surface area contributed by atoms with Crippen LogP contribution in [0.5, 0.6) is 0 Å². The third-order valence-corrected chi connectivity index (χ3v) is 6.02. The number of hydrogen-bond acceptors (Lipinski definition) is 8. The summed E-state index contributed by atoms with van der Waals surface area (Å²) in [6, 6.07) is 2.00. The largest absolute Gasteiger partial charge is 0.480 e. The molecule has 5 atom stereocenters. The topological polar surface area (TPSA) is 230 Å². The molecule has 2 rings (SSSR count). The van der Waals surface area contributed by atoms with Crippen LogP contribution in [-0.2, 0) is 30.4 Å². The van der Waals surface area contributed by atoms with Crippen molar-refractivity contribution in [3.63, 3.8) is 0 Å². The van der Waals surface area contributed by atoms with Gasteiger partial charge >= 0.3 is 5.97 Å². The summed E-state index contributed by atoms with van der Waals surface area (Å²) in [5, 5.41) is 27.1. The van der Waals surface area contributed by atoms with Crippen molar-refractivity contribution in [2.24, 2.45) is 11.5 Å². The number of H-pyrrole nitrogens is 1. The molecule has 13 nitrogen and oxygen atoms in total. The monoisotopic (exact) mass is 536 g/mol. The van der Waals surface area contributed by atoms with Gasteiger partial charge in [0, 0.05) is 35.7 Å². The van der Waals surface area contributed by atoms with Crippen molar-refractivity contribution in [2.75, 3.05) is 5.75 Å². The van der Waals surface area contributed by atoms with Gasteiger partial charge in [0.1, 0.15) is 12.1 Å². The number of carbonyl (C=O) groups excluding carboxylic acids is 4. The SMILES string of the molecule is CC(O)C(NC(=O)C(Cc1c[nH]c2ccccc12)NC(=O)C(CCC(N)=O)NC(=O)C(N)CS)C(=O)O. The van der Waals surface area contributed by atoms with E-state index in [1.807, 2.05) is 18.2 Å². The van der Waals surface area contributed by atoms with Crippen molar-refractivity contribution in [2.45, 2.75) is 56.5 Å². The highest BCUT2D eigenvalue weighted by Crippen LogP contribution is 2.19. The predicted octanol–water partition coefficient (Wildman–Crippen LogP) is -1.85. The zero-order chi connectivity index (χ0) is 27.7. The number of primary amides is 1. The highest BCUT2D eigenvalue weighted by Gasteiger charge is 2.32. The first kappa shape index (κ1) is 29.6. The number of aromatic amines is 1. The Bertz CT molecular complexity index is 1140. The second-order valence-electron chi connectivity index (χ2n) is 8.55. The Hall–Kier alpha value is -3.62. The summed E-state index contributed by atoms with van der Waals surface area (Å²) in [6.45, 7) is 1.20. The van der Waals surface area contributed by atoms with Gasteiger partial charge in [-0.15, -0.1) is 0 Å². The normalized spacial score (nSPS) is 15.1. The molecule has 37 heavy (non-hydrogen) atoms. The molecule has 2 aromatic rings. The van der Waals surface area contributed by atoms with E-state index in [1.54, 1.807) is 12.3 Å². The molecule has 0 aliphatic rings. The fourth-order valence-electron chi connectivity index (χ4n) is 3.56. The van der Waals surface area contributed by atoms with E-state index in [4.69, 9.17) is 11.5 Å². The van der Waals surface area contributed by atoms with Crippen LogP contribution in [0.15, 0.2) is 30.5 Å². The number of rotatable bonds is 14. The summed E-state index contributed by atoms with van der Waals surface area (Å²) in [5.74, 6) is -4.56.